The average Bonchev–Trinajstić information content (AvgIpc) is 3.19. The smallest absolute Gasteiger partial charge is 0.270 e. The Balaban J connectivity index is 1.69. The molecule has 2 aromatic heterocycles. The maximum Gasteiger partial charge on any atom is 0.270 e. The van der Waals surface area contributed by atoms with Crippen molar-refractivity contribution in [3.63, 3.8) is 0 Å². The number of likely N-dealkylation sites (tertiary alicyclic amines) is 1. The number of nitrogens with zero attached hydrogens (tertiary/aromatic N) is 2. The first kappa shape index (κ1) is 14.9. The van der Waals surface area contributed by atoms with E-state index in [1.165, 1.54) is 12.1 Å². The summed E-state index contributed by atoms with van der Waals surface area (Å²) in [5, 5.41) is 7.85. The summed E-state index contributed by atoms with van der Waals surface area (Å²) in [5.74, 6) is -0.352. The highest BCUT2D eigenvalue weighted by Crippen LogP contribution is 2.32. The highest BCUT2D eigenvalue weighted by atomic mass is 19.1. The maximum absolute atomic E-state index is 13.4. The van der Waals surface area contributed by atoms with Crippen LogP contribution in [-0.4, -0.2) is 32.5 Å². The molecule has 1 saturated heterocycles. The number of halogens is 1. The van der Waals surface area contributed by atoms with Crippen LogP contribution in [0.25, 0.3) is 10.9 Å². The predicted molar refractivity (Wildman–Crippen MR) is 89.2 cm³/mol. The Bertz CT molecular complexity index is 897. The second kappa shape index (κ2) is 5.78. The second-order valence-electron chi connectivity index (χ2n) is 6.39. The van der Waals surface area contributed by atoms with Crippen LogP contribution in [0.15, 0.2) is 30.5 Å². The molecule has 0 bridgehead atoms. The number of amides is 1. The van der Waals surface area contributed by atoms with Crippen LogP contribution in [-0.2, 0) is 0 Å². The lowest BCUT2D eigenvalue weighted by atomic mass is 9.97. The van der Waals surface area contributed by atoms with Crippen LogP contribution in [0.3, 0.4) is 0 Å². The number of hydrogen-bond acceptors (Lipinski definition) is 2. The number of rotatable bonds is 2. The monoisotopic (exact) mass is 326 g/mol. The number of carbonyl (C=O) groups excluding carboxylic acids is 1. The van der Waals surface area contributed by atoms with Crippen molar-refractivity contribution in [2.45, 2.75) is 32.2 Å². The van der Waals surface area contributed by atoms with Gasteiger partial charge in [0.2, 0.25) is 0 Å². The van der Waals surface area contributed by atoms with Crippen LogP contribution in [0.2, 0.25) is 0 Å². The third-order valence-electron chi connectivity index (χ3n) is 4.78. The van der Waals surface area contributed by atoms with Crippen LogP contribution in [0.4, 0.5) is 4.39 Å². The molecule has 1 aromatic carbocycles. The average molecular weight is 326 g/mol. The SMILES string of the molecule is Cc1cn[nH]c1C1CCCCN1C(=O)c1cc2cc(F)ccc2[nH]1. The van der Waals surface area contributed by atoms with E-state index in [9.17, 15) is 9.18 Å². The topological polar surface area (TPSA) is 64.8 Å². The second-order valence-corrected chi connectivity index (χ2v) is 6.39. The number of fused-ring (bicyclic) bond motifs is 1. The van der Waals surface area contributed by atoms with Gasteiger partial charge in [0, 0.05) is 17.4 Å². The molecule has 1 aliphatic heterocycles. The predicted octanol–water partition coefficient (Wildman–Crippen LogP) is 3.71. The van der Waals surface area contributed by atoms with Crippen molar-refractivity contribution in [3.05, 3.63) is 53.2 Å². The van der Waals surface area contributed by atoms with Crippen LogP contribution in [0, 0.1) is 12.7 Å². The number of nitrogens with one attached hydrogen (secondary N) is 2. The van der Waals surface area contributed by atoms with E-state index < -0.39 is 0 Å². The van der Waals surface area contributed by atoms with Gasteiger partial charge in [0.1, 0.15) is 11.5 Å². The van der Waals surface area contributed by atoms with Crippen LogP contribution in [0.5, 0.6) is 0 Å². The number of H-pyrrole nitrogens is 2. The summed E-state index contributed by atoms with van der Waals surface area (Å²) in [5.41, 5.74) is 3.34. The van der Waals surface area contributed by atoms with Gasteiger partial charge < -0.3 is 9.88 Å². The molecule has 4 rings (SSSR count). The Hall–Kier alpha value is -2.63. The first-order valence-corrected chi connectivity index (χ1v) is 8.22. The first-order valence-electron chi connectivity index (χ1n) is 8.22. The van der Waals surface area contributed by atoms with Gasteiger partial charge in [0.15, 0.2) is 0 Å². The van der Waals surface area contributed by atoms with Crippen molar-refractivity contribution in [1.82, 2.24) is 20.1 Å². The summed E-state index contributed by atoms with van der Waals surface area (Å²) in [6.45, 7) is 2.72. The molecule has 1 fully saturated rings. The van der Waals surface area contributed by atoms with Crippen molar-refractivity contribution in [2.24, 2.45) is 0 Å². The van der Waals surface area contributed by atoms with Crippen molar-refractivity contribution in [2.75, 3.05) is 6.54 Å². The molecule has 124 valence electrons. The fraction of sp³-hybridized carbons (Fsp3) is 0.333. The summed E-state index contributed by atoms with van der Waals surface area (Å²) < 4.78 is 13.4. The molecule has 2 N–H and O–H groups in total. The number of aromatic nitrogens is 3. The van der Waals surface area contributed by atoms with Gasteiger partial charge in [-0.1, -0.05) is 0 Å². The zero-order chi connectivity index (χ0) is 16.7. The van der Waals surface area contributed by atoms with Crippen molar-refractivity contribution < 1.29 is 9.18 Å². The van der Waals surface area contributed by atoms with Crippen molar-refractivity contribution in [3.8, 4) is 0 Å². The van der Waals surface area contributed by atoms with Gasteiger partial charge in [0.05, 0.1) is 17.9 Å². The fourth-order valence-electron chi connectivity index (χ4n) is 3.54. The van der Waals surface area contributed by atoms with E-state index in [0.29, 0.717) is 17.6 Å². The van der Waals surface area contributed by atoms with E-state index in [1.54, 1.807) is 18.3 Å². The molecule has 3 aromatic rings. The Labute approximate surface area is 138 Å². The van der Waals surface area contributed by atoms with Gasteiger partial charge in [-0.3, -0.25) is 9.89 Å². The Kier molecular flexibility index (Phi) is 3.59. The number of carbonyl (C=O) groups is 1. The lowest BCUT2D eigenvalue weighted by Crippen LogP contribution is -2.39. The van der Waals surface area contributed by atoms with Crippen LogP contribution >= 0.6 is 0 Å². The maximum atomic E-state index is 13.4. The Morgan fingerprint density at radius 2 is 2.21 bits per heavy atom. The number of aryl methyl sites for hydroxylation is 1. The van der Waals surface area contributed by atoms with E-state index in [0.717, 1.165) is 36.0 Å². The van der Waals surface area contributed by atoms with E-state index in [-0.39, 0.29) is 17.8 Å². The Morgan fingerprint density at radius 1 is 1.33 bits per heavy atom. The molecular formula is C18H19FN4O. The molecule has 6 heteroatoms. The summed E-state index contributed by atoms with van der Waals surface area (Å²) in [6.07, 6.45) is 4.79. The molecule has 1 atom stereocenters. The summed E-state index contributed by atoms with van der Waals surface area (Å²) in [6, 6.07) is 6.23. The van der Waals surface area contributed by atoms with Crippen LogP contribution in [0.1, 0.15) is 47.1 Å². The minimum atomic E-state index is -0.301. The largest absolute Gasteiger partial charge is 0.351 e. The normalized spacial score (nSPS) is 18.2. The quantitative estimate of drug-likeness (QED) is 0.754. The van der Waals surface area contributed by atoms with Gasteiger partial charge in [-0.2, -0.15) is 5.10 Å². The highest BCUT2D eigenvalue weighted by molar-refractivity contribution is 5.98. The minimum absolute atomic E-state index is 0.0110. The molecule has 1 unspecified atom stereocenters. The van der Waals surface area contributed by atoms with Gasteiger partial charge in [-0.15, -0.1) is 0 Å². The standard InChI is InChI=1S/C18H19FN4O/c1-11-10-20-22-17(11)16-4-2-3-7-23(16)18(24)15-9-12-8-13(19)5-6-14(12)21-15/h5-6,8-10,16,21H,2-4,7H2,1H3,(H,20,22). The summed E-state index contributed by atoms with van der Waals surface area (Å²) >= 11 is 0. The fourth-order valence-corrected chi connectivity index (χ4v) is 3.54. The molecular weight excluding hydrogens is 307 g/mol. The van der Waals surface area contributed by atoms with E-state index >= 15 is 0 Å². The molecule has 3 heterocycles. The van der Waals surface area contributed by atoms with Crippen molar-refractivity contribution >= 4 is 16.8 Å². The van der Waals surface area contributed by atoms with Gasteiger partial charge in [0.25, 0.3) is 5.91 Å². The van der Waals surface area contributed by atoms with Gasteiger partial charge >= 0.3 is 0 Å². The molecule has 0 spiro atoms. The zero-order valence-electron chi connectivity index (χ0n) is 13.5. The number of benzene rings is 1. The summed E-state index contributed by atoms with van der Waals surface area (Å²) in [4.78, 5) is 18.0. The van der Waals surface area contributed by atoms with E-state index in [2.05, 4.69) is 15.2 Å². The molecule has 0 radical (unpaired) electrons. The lowest BCUT2D eigenvalue weighted by molar-refractivity contribution is 0.0600. The molecule has 1 amide bonds. The van der Waals surface area contributed by atoms with Gasteiger partial charge in [-0.25, -0.2) is 4.39 Å². The molecule has 1 aliphatic rings. The van der Waals surface area contributed by atoms with Gasteiger partial charge in [-0.05, 0) is 56.0 Å². The number of aromatic amines is 2. The molecule has 5 nitrogen and oxygen atoms in total. The van der Waals surface area contributed by atoms with E-state index in [4.69, 9.17) is 0 Å². The third kappa shape index (κ3) is 2.48. The lowest BCUT2D eigenvalue weighted by Gasteiger charge is -2.35. The Morgan fingerprint density at radius 3 is 3.00 bits per heavy atom. The number of piperidine rings is 1. The first-order chi connectivity index (χ1) is 11.6. The molecule has 24 heavy (non-hydrogen) atoms. The molecule has 0 saturated carbocycles. The van der Waals surface area contributed by atoms with Crippen molar-refractivity contribution in [1.29, 1.82) is 0 Å². The summed E-state index contributed by atoms with van der Waals surface area (Å²) in [7, 11) is 0. The molecule has 0 aliphatic carbocycles. The van der Waals surface area contributed by atoms with Crippen LogP contribution < -0.4 is 0 Å². The number of hydrogen-bond donors (Lipinski definition) is 2. The zero-order valence-corrected chi connectivity index (χ0v) is 13.5. The minimum Gasteiger partial charge on any atom is -0.351 e. The third-order valence-corrected chi connectivity index (χ3v) is 4.78. The van der Waals surface area contributed by atoms with E-state index in [1.807, 2.05) is 11.8 Å². The highest BCUT2D eigenvalue weighted by Gasteiger charge is 2.31.